The molecule has 2 aliphatic rings. The zero-order valence-electron chi connectivity index (χ0n) is 15.0. The maximum atomic E-state index is 12.4. The molecule has 0 unspecified atom stereocenters. The second-order valence-electron chi connectivity index (χ2n) is 7.33. The molecular formula is C18H24N4O3S. The number of piperidine rings is 1. The quantitative estimate of drug-likeness (QED) is 0.866. The number of nitrogens with zero attached hydrogens (tertiary/aromatic N) is 4. The van der Waals surface area contributed by atoms with Gasteiger partial charge in [0.15, 0.2) is 0 Å². The highest BCUT2D eigenvalue weighted by Crippen LogP contribution is 2.52. The van der Waals surface area contributed by atoms with Crippen LogP contribution in [0.1, 0.15) is 30.0 Å². The summed E-state index contributed by atoms with van der Waals surface area (Å²) in [5.74, 6) is 0. The van der Waals surface area contributed by atoms with E-state index in [-0.39, 0.29) is 6.04 Å². The summed E-state index contributed by atoms with van der Waals surface area (Å²) in [4.78, 5) is 4.13. The third kappa shape index (κ3) is 2.44. The molecule has 0 radical (unpaired) electrons. The minimum atomic E-state index is -3.43. The summed E-state index contributed by atoms with van der Waals surface area (Å²) in [7, 11) is -0.328. The van der Waals surface area contributed by atoms with Crippen LogP contribution in [0.2, 0.25) is 0 Å². The van der Waals surface area contributed by atoms with Crippen molar-refractivity contribution in [2.45, 2.75) is 30.4 Å². The molecule has 2 atom stereocenters. The molecular weight excluding hydrogens is 352 g/mol. The first-order valence-electron chi connectivity index (χ1n) is 8.80. The van der Waals surface area contributed by atoms with Crippen LogP contribution in [0.3, 0.4) is 0 Å². The molecule has 1 aromatic carbocycles. The lowest BCUT2D eigenvalue weighted by Gasteiger charge is -2.42. The van der Waals surface area contributed by atoms with Gasteiger partial charge in [-0.3, -0.25) is 0 Å². The third-order valence-corrected chi connectivity index (χ3v) is 7.87. The number of hydrogen-bond donors (Lipinski definition) is 1. The normalized spacial score (nSPS) is 25.7. The van der Waals surface area contributed by atoms with Crippen molar-refractivity contribution in [2.24, 2.45) is 0 Å². The largest absolute Gasteiger partial charge is 0.390 e. The van der Waals surface area contributed by atoms with E-state index in [1.54, 1.807) is 26.6 Å². The van der Waals surface area contributed by atoms with Gasteiger partial charge in [-0.15, -0.1) is 0 Å². The summed E-state index contributed by atoms with van der Waals surface area (Å²) >= 11 is 0. The third-order valence-electron chi connectivity index (χ3n) is 5.93. The van der Waals surface area contributed by atoms with E-state index in [0.717, 1.165) is 11.1 Å². The Morgan fingerprint density at radius 2 is 1.92 bits per heavy atom. The highest BCUT2D eigenvalue weighted by molar-refractivity contribution is 7.86. The molecule has 1 N–H and O–H groups in total. The smallest absolute Gasteiger partial charge is 0.281 e. The Balaban J connectivity index is 1.70. The fourth-order valence-electron chi connectivity index (χ4n) is 4.51. The van der Waals surface area contributed by atoms with E-state index >= 15 is 0 Å². The molecule has 1 aromatic heterocycles. The van der Waals surface area contributed by atoms with Gasteiger partial charge in [0, 0.05) is 45.0 Å². The second-order valence-corrected chi connectivity index (χ2v) is 9.47. The lowest BCUT2D eigenvalue weighted by Crippen LogP contribution is -2.52. The first-order chi connectivity index (χ1) is 12.4. The average Bonchev–Trinajstić information content (AvgIpc) is 3.22. The number of benzene rings is 1. The van der Waals surface area contributed by atoms with Crippen molar-refractivity contribution < 1.29 is 13.5 Å². The number of aliphatic hydroxyl groups excluding tert-OH is 1. The fraction of sp³-hybridized carbons (Fsp3) is 0.500. The molecule has 1 spiro atoms. The van der Waals surface area contributed by atoms with Gasteiger partial charge in [-0.05, 0) is 24.0 Å². The van der Waals surface area contributed by atoms with Crippen molar-refractivity contribution >= 4 is 10.2 Å². The number of aliphatic hydroxyl groups is 1. The molecule has 1 aliphatic heterocycles. The Labute approximate surface area is 154 Å². The number of aromatic nitrogens is 2. The van der Waals surface area contributed by atoms with Crippen LogP contribution in [0.4, 0.5) is 0 Å². The van der Waals surface area contributed by atoms with Crippen molar-refractivity contribution in [3.05, 3.63) is 54.1 Å². The molecule has 0 bridgehead atoms. The fourth-order valence-corrected chi connectivity index (χ4v) is 5.62. The summed E-state index contributed by atoms with van der Waals surface area (Å²) < 4.78 is 29.6. The zero-order valence-corrected chi connectivity index (χ0v) is 15.8. The van der Waals surface area contributed by atoms with E-state index in [9.17, 15) is 13.5 Å². The first-order valence-corrected chi connectivity index (χ1v) is 10.2. The second kappa shape index (κ2) is 6.16. The zero-order chi connectivity index (χ0) is 18.5. The van der Waals surface area contributed by atoms with Crippen LogP contribution in [0.25, 0.3) is 0 Å². The molecule has 0 saturated carbocycles. The highest BCUT2D eigenvalue weighted by Gasteiger charge is 2.54. The van der Waals surface area contributed by atoms with Gasteiger partial charge in [0.2, 0.25) is 0 Å². The SMILES string of the molecule is CN(C)S(=O)(=O)N1CCC2(CC1)c1ccccc1[C@@H](n1ccnc1)[C@@H]2O. The van der Waals surface area contributed by atoms with Gasteiger partial charge in [0.25, 0.3) is 10.2 Å². The van der Waals surface area contributed by atoms with Crippen molar-refractivity contribution in [3.63, 3.8) is 0 Å². The first kappa shape index (κ1) is 17.7. The van der Waals surface area contributed by atoms with Crippen molar-refractivity contribution in [3.8, 4) is 0 Å². The Kier molecular flexibility index (Phi) is 4.18. The van der Waals surface area contributed by atoms with Crippen LogP contribution in [-0.2, 0) is 15.6 Å². The maximum absolute atomic E-state index is 12.4. The number of imidazole rings is 1. The van der Waals surface area contributed by atoms with Gasteiger partial charge < -0.3 is 9.67 Å². The summed E-state index contributed by atoms with van der Waals surface area (Å²) in [6.07, 6.45) is 5.91. The molecule has 0 amide bonds. The van der Waals surface area contributed by atoms with Crippen LogP contribution >= 0.6 is 0 Å². The van der Waals surface area contributed by atoms with Gasteiger partial charge in [0.05, 0.1) is 18.5 Å². The molecule has 4 rings (SSSR count). The number of fused-ring (bicyclic) bond motifs is 2. The molecule has 7 nitrogen and oxygen atoms in total. The lowest BCUT2D eigenvalue weighted by atomic mass is 9.72. The Morgan fingerprint density at radius 1 is 1.23 bits per heavy atom. The van der Waals surface area contributed by atoms with Gasteiger partial charge in [-0.2, -0.15) is 17.0 Å². The molecule has 1 fully saturated rings. The maximum Gasteiger partial charge on any atom is 0.281 e. The van der Waals surface area contributed by atoms with E-state index in [4.69, 9.17) is 0 Å². The standard InChI is InChI=1S/C18H24N4O3S/c1-20(2)26(24,25)22-10-7-18(8-11-22)15-6-4-3-5-14(15)16(17(18)23)21-12-9-19-13-21/h3-6,9,12-13,16-17,23H,7-8,10-11H2,1-2H3/t16-,17+/m1/s1. The van der Waals surface area contributed by atoms with E-state index in [2.05, 4.69) is 17.1 Å². The summed E-state index contributed by atoms with van der Waals surface area (Å²) in [5.41, 5.74) is 1.80. The summed E-state index contributed by atoms with van der Waals surface area (Å²) in [6.45, 7) is 0.811. The van der Waals surface area contributed by atoms with E-state index in [0.29, 0.717) is 25.9 Å². The van der Waals surface area contributed by atoms with E-state index in [1.165, 1.54) is 8.61 Å². The van der Waals surface area contributed by atoms with Crippen LogP contribution in [0.5, 0.6) is 0 Å². The summed E-state index contributed by atoms with van der Waals surface area (Å²) in [5, 5.41) is 11.3. The summed E-state index contributed by atoms with van der Waals surface area (Å²) in [6, 6.07) is 7.92. The lowest BCUT2D eigenvalue weighted by molar-refractivity contribution is 0.0346. The molecule has 2 heterocycles. The van der Waals surface area contributed by atoms with E-state index in [1.807, 2.05) is 22.9 Å². The number of hydrogen-bond acceptors (Lipinski definition) is 4. The number of rotatable bonds is 3. The van der Waals surface area contributed by atoms with Crippen molar-refractivity contribution in [1.82, 2.24) is 18.2 Å². The highest BCUT2D eigenvalue weighted by atomic mass is 32.2. The molecule has 26 heavy (non-hydrogen) atoms. The molecule has 1 aliphatic carbocycles. The van der Waals surface area contributed by atoms with Gasteiger partial charge in [-0.25, -0.2) is 4.98 Å². The molecule has 2 aromatic rings. The van der Waals surface area contributed by atoms with Crippen LogP contribution in [0.15, 0.2) is 43.0 Å². The minimum Gasteiger partial charge on any atom is -0.390 e. The Bertz CT molecular complexity index is 887. The molecule has 8 heteroatoms. The monoisotopic (exact) mass is 376 g/mol. The van der Waals surface area contributed by atoms with E-state index < -0.39 is 21.7 Å². The molecule has 1 saturated heterocycles. The van der Waals surface area contributed by atoms with Gasteiger partial charge in [-0.1, -0.05) is 24.3 Å². The van der Waals surface area contributed by atoms with Crippen LogP contribution in [0, 0.1) is 0 Å². The predicted molar refractivity (Wildman–Crippen MR) is 97.9 cm³/mol. The van der Waals surface area contributed by atoms with Crippen LogP contribution < -0.4 is 0 Å². The van der Waals surface area contributed by atoms with Gasteiger partial charge in [0.1, 0.15) is 0 Å². The van der Waals surface area contributed by atoms with Crippen LogP contribution in [-0.4, -0.2) is 65.0 Å². The predicted octanol–water partition coefficient (Wildman–Crippen LogP) is 0.987. The topological polar surface area (TPSA) is 78.7 Å². The average molecular weight is 376 g/mol. The minimum absolute atomic E-state index is 0.189. The Hall–Kier alpha value is -1.74. The Morgan fingerprint density at radius 3 is 2.54 bits per heavy atom. The van der Waals surface area contributed by atoms with Crippen molar-refractivity contribution in [2.75, 3.05) is 27.2 Å². The van der Waals surface area contributed by atoms with Gasteiger partial charge >= 0.3 is 0 Å². The van der Waals surface area contributed by atoms with Crippen molar-refractivity contribution in [1.29, 1.82) is 0 Å². The molecule has 140 valence electrons.